The van der Waals surface area contributed by atoms with Crippen molar-refractivity contribution >= 4 is 11.5 Å². The van der Waals surface area contributed by atoms with Crippen LogP contribution in [0.5, 0.6) is 17.2 Å². The lowest BCUT2D eigenvalue weighted by Gasteiger charge is -2.26. The number of hydrogen-bond acceptors (Lipinski definition) is 6. The van der Waals surface area contributed by atoms with Crippen LogP contribution in [0.2, 0.25) is 0 Å². The molecule has 174 valence electrons. The number of methoxy groups -OCH3 is 1. The molecule has 0 saturated heterocycles. The Hall–Kier alpha value is -3.77. The molecule has 1 unspecified atom stereocenters. The molecule has 34 heavy (non-hydrogen) atoms. The maximum atomic E-state index is 13.2. The number of aliphatic hydroxyl groups is 1. The van der Waals surface area contributed by atoms with Gasteiger partial charge in [0.1, 0.15) is 5.75 Å². The molecule has 1 atom stereocenters. The average molecular weight is 459 g/mol. The lowest BCUT2D eigenvalue weighted by molar-refractivity contribution is -0.185. The van der Waals surface area contributed by atoms with Gasteiger partial charge in [0.05, 0.1) is 12.7 Å². The van der Waals surface area contributed by atoms with Crippen molar-refractivity contribution in [3.63, 3.8) is 0 Å². The standard InChI is InChI=1S/C28H26O6/c1-16-11-19(12-17(2)18(16)3)13-23-26(20-5-10-24-25(14-20)33-15-32-24)27(29)34-28(23,30)21-6-8-22(31-4)9-7-21/h5-12,14,30H,13,15H2,1-4H3. The van der Waals surface area contributed by atoms with E-state index in [1.807, 2.05) is 0 Å². The number of hydrogen-bond donors (Lipinski definition) is 1. The molecule has 0 fully saturated rings. The van der Waals surface area contributed by atoms with Crippen LogP contribution in [0.25, 0.3) is 5.57 Å². The average Bonchev–Trinajstić information content (AvgIpc) is 3.39. The normalized spacial score (nSPS) is 18.9. The molecule has 0 bridgehead atoms. The molecule has 0 spiro atoms. The van der Waals surface area contributed by atoms with E-state index in [4.69, 9.17) is 18.9 Å². The maximum Gasteiger partial charge on any atom is 0.342 e. The molecule has 0 saturated carbocycles. The molecule has 3 aromatic carbocycles. The number of esters is 1. The molecule has 0 amide bonds. The number of cyclic esters (lactones) is 1. The van der Waals surface area contributed by atoms with Gasteiger partial charge in [-0.15, -0.1) is 0 Å². The SMILES string of the molecule is COc1ccc(C2(O)OC(=O)C(c3ccc4c(c3)OCO4)=C2Cc2cc(C)c(C)c(C)c2)cc1. The van der Waals surface area contributed by atoms with Gasteiger partial charge >= 0.3 is 5.97 Å². The van der Waals surface area contributed by atoms with E-state index in [1.54, 1.807) is 49.6 Å². The monoisotopic (exact) mass is 458 g/mol. The van der Waals surface area contributed by atoms with E-state index in [0.717, 1.165) is 16.7 Å². The van der Waals surface area contributed by atoms with E-state index in [2.05, 4.69) is 32.9 Å². The second-order valence-electron chi connectivity index (χ2n) is 8.72. The van der Waals surface area contributed by atoms with Gasteiger partial charge in [0.15, 0.2) is 11.5 Å². The fourth-order valence-electron chi connectivity index (χ4n) is 4.57. The first-order valence-corrected chi connectivity index (χ1v) is 11.1. The highest BCUT2D eigenvalue weighted by Gasteiger charge is 2.48. The van der Waals surface area contributed by atoms with Gasteiger partial charge in [-0.2, -0.15) is 0 Å². The summed E-state index contributed by atoms with van der Waals surface area (Å²) in [6, 6.07) is 16.4. The largest absolute Gasteiger partial charge is 0.497 e. The van der Waals surface area contributed by atoms with Crippen molar-refractivity contribution in [3.05, 3.63) is 93.6 Å². The summed E-state index contributed by atoms with van der Waals surface area (Å²) in [5.74, 6) is -0.691. The predicted molar refractivity (Wildman–Crippen MR) is 127 cm³/mol. The summed E-state index contributed by atoms with van der Waals surface area (Å²) < 4.78 is 21.9. The highest BCUT2D eigenvalue weighted by molar-refractivity contribution is 6.20. The Labute approximate surface area is 198 Å². The van der Waals surface area contributed by atoms with Crippen molar-refractivity contribution in [1.82, 2.24) is 0 Å². The van der Waals surface area contributed by atoms with E-state index in [1.165, 1.54) is 5.56 Å². The lowest BCUT2D eigenvalue weighted by Crippen LogP contribution is -2.29. The van der Waals surface area contributed by atoms with Gasteiger partial charge in [-0.05, 0) is 85.0 Å². The predicted octanol–water partition coefficient (Wildman–Crippen LogP) is 4.75. The first kappa shape index (κ1) is 22.0. The van der Waals surface area contributed by atoms with Crippen molar-refractivity contribution < 1.29 is 28.8 Å². The molecule has 0 aromatic heterocycles. The molecule has 0 radical (unpaired) electrons. The van der Waals surface area contributed by atoms with E-state index in [-0.39, 0.29) is 6.79 Å². The van der Waals surface area contributed by atoms with E-state index in [0.29, 0.717) is 45.9 Å². The van der Waals surface area contributed by atoms with E-state index < -0.39 is 11.8 Å². The van der Waals surface area contributed by atoms with Crippen LogP contribution in [0.4, 0.5) is 0 Å². The quantitative estimate of drug-likeness (QED) is 0.557. The highest BCUT2D eigenvalue weighted by atomic mass is 16.7. The van der Waals surface area contributed by atoms with Gasteiger partial charge in [-0.3, -0.25) is 0 Å². The molecular weight excluding hydrogens is 432 g/mol. The Morgan fingerprint density at radius 3 is 2.29 bits per heavy atom. The highest BCUT2D eigenvalue weighted by Crippen LogP contribution is 2.46. The minimum Gasteiger partial charge on any atom is -0.497 e. The zero-order chi connectivity index (χ0) is 24.0. The number of carbonyl (C=O) groups is 1. The van der Waals surface area contributed by atoms with Crippen LogP contribution in [0.15, 0.2) is 60.2 Å². The number of carbonyl (C=O) groups excluding carboxylic acids is 1. The Bertz CT molecular complexity index is 1300. The topological polar surface area (TPSA) is 74.2 Å². The van der Waals surface area contributed by atoms with Gasteiger partial charge in [0.25, 0.3) is 5.79 Å². The first-order valence-electron chi connectivity index (χ1n) is 11.1. The summed E-state index contributed by atoms with van der Waals surface area (Å²) in [6.07, 6.45) is 0.333. The second kappa shape index (κ2) is 8.22. The van der Waals surface area contributed by atoms with Crippen LogP contribution in [-0.4, -0.2) is 25.0 Å². The van der Waals surface area contributed by atoms with Crippen molar-refractivity contribution in [1.29, 1.82) is 0 Å². The molecule has 3 aromatic rings. The smallest absolute Gasteiger partial charge is 0.342 e. The zero-order valence-corrected chi connectivity index (χ0v) is 19.6. The van der Waals surface area contributed by atoms with E-state index in [9.17, 15) is 9.90 Å². The number of benzene rings is 3. The molecule has 6 nitrogen and oxygen atoms in total. The summed E-state index contributed by atoms with van der Waals surface area (Å²) in [4.78, 5) is 13.2. The van der Waals surface area contributed by atoms with Gasteiger partial charge < -0.3 is 24.1 Å². The zero-order valence-electron chi connectivity index (χ0n) is 19.6. The number of fused-ring (bicyclic) bond motifs is 1. The molecule has 6 heteroatoms. The van der Waals surface area contributed by atoms with Crippen molar-refractivity contribution in [2.75, 3.05) is 13.9 Å². The van der Waals surface area contributed by atoms with Crippen LogP contribution >= 0.6 is 0 Å². The van der Waals surface area contributed by atoms with E-state index >= 15 is 0 Å². The van der Waals surface area contributed by atoms with Gasteiger partial charge in [0.2, 0.25) is 6.79 Å². The Morgan fingerprint density at radius 1 is 0.941 bits per heavy atom. The molecule has 1 N–H and O–H groups in total. The van der Waals surface area contributed by atoms with Gasteiger partial charge in [-0.1, -0.05) is 18.2 Å². The van der Waals surface area contributed by atoms with Crippen molar-refractivity contribution in [3.8, 4) is 17.2 Å². The Kier molecular flexibility index (Phi) is 5.33. The summed E-state index contributed by atoms with van der Waals surface area (Å²) in [7, 11) is 1.57. The van der Waals surface area contributed by atoms with Crippen LogP contribution < -0.4 is 14.2 Å². The minimum atomic E-state index is -1.91. The van der Waals surface area contributed by atoms with Gasteiger partial charge in [0, 0.05) is 17.6 Å². The van der Waals surface area contributed by atoms with Crippen molar-refractivity contribution in [2.45, 2.75) is 33.0 Å². The van der Waals surface area contributed by atoms with Gasteiger partial charge in [-0.25, -0.2) is 4.79 Å². The molecule has 0 aliphatic carbocycles. The van der Waals surface area contributed by atoms with Crippen LogP contribution in [0.1, 0.15) is 33.4 Å². The summed E-state index contributed by atoms with van der Waals surface area (Å²) in [5.41, 5.74) is 6.37. The minimum absolute atomic E-state index is 0.132. The number of aryl methyl sites for hydroxylation is 2. The molecule has 2 heterocycles. The molecule has 2 aliphatic rings. The summed E-state index contributed by atoms with van der Waals surface area (Å²) in [5, 5.41) is 11.8. The maximum absolute atomic E-state index is 13.2. The number of rotatable bonds is 5. The fourth-order valence-corrected chi connectivity index (χ4v) is 4.57. The number of ether oxygens (including phenoxy) is 4. The molecular formula is C28H26O6. The Balaban J connectivity index is 1.68. The van der Waals surface area contributed by atoms with Crippen LogP contribution in [0.3, 0.4) is 0 Å². The van der Waals surface area contributed by atoms with Crippen molar-refractivity contribution in [2.24, 2.45) is 0 Å². The molecule has 5 rings (SSSR count). The first-order chi connectivity index (χ1) is 16.3. The summed E-state index contributed by atoms with van der Waals surface area (Å²) in [6.45, 7) is 6.34. The fraction of sp³-hybridized carbons (Fsp3) is 0.250. The third-order valence-corrected chi connectivity index (χ3v) is 6.67. The third kappa shape index (κ3) is 3.60. The summed E-state index contributed by atoms with van der Waals surface area (Å²) >= 11 is 0. The lowest BCUT2D eigenvalue weighted by atomic mass is 9.87. The van der Waals surface area contributed by atoms with Crippen LogP contribution in [0, 0.1) is 20.8 Å². The third-order valence-electron chi connectivity index (χ3n) is 6.67. The van der Waals surface area contributed by atoms with Crippen LogP contribution in [-0.2, 0) is 21.7 Å². The molecule has 2 aliphatic heterocycles. The second-order valence-corrected chi connectivity index (χ2v) is 8.72. The Morgan fingerprint density at radius 2 is 1.62 bits per heavy atom.